The highest BCUT2D eigenvalue weighted by Gasteiger charge is 2.33. The summed E-state index contributed by atoms with van der Waals surface area (Å²) in [6, 6.07) is 6.61. The number of fused-ring (bicyclic) bond motifs is 1. The van der Waals surface area contributed by atoms with Crippen LogP contribution in [0.2, 0.25) is 5.02 Å². The average molecular weight is 293 g/mol. The van der Waals surface area contributed by atoms with Crippen LogP contribution in [0.4, 0.5) is 5.82 Å². The smallest absolute Gasteiger partial charge is 0.281 e. The summed E-state index contributed by atoms with van der Waals surface area (Å²) < 4.78 is 1.55. The standard InChI is InChI=1S/C13H13ClN4O2/c1-17-13-9(6-15-17)12(18(20)7-11(19)16-13)8-4-2-3-5-10(8)14/h2-6,12,18H,7H2,1H3,(H,16,19). The van der Waals surface area contributed by atoms with Gasteiger partial charge >= 0.3 is 0 Å². The molecule has 104 valence electrons. The molecular formula is C13H13ClN4O2. The first kappa shape index (κ1) is 13.1. The highest BCUT2D eigenvalue weighted by atomic mass is 35.5. The van der Waals surface area contributed by atoms with Gasteiger partial charge in [0.15, 0.2) is 6.54 Å². The molecule has 2 heterocycles. The van der Waals surface area contributed by atoms with Crippen LogP contribution in [0.25, 0.3) is 0 Å². The molecule has 2 N–H and O–H groups in total. The molecule has 0 spiro atoms. The normalized spacial score (nSPS) is 22.1. The lowest BCUT2D eigenvalue weighted by Crippen LogP contribution is -3.08. The molecule has 20 heavy (non-hydrogen) atoms. The highest BCUT2D eigenvalue weighted by Crippen LogP contribution is 2.31. The van der Waals surface area contributed by atoms with Crippen molar-refractivity contribution >= 4 is 23.3 Å². The molecular weight excluding hydrogens is 280 g/mol. The Labute approximate surface area is 120 Å². The molecule has 2 aromatic rings. The van der Waals surface area contributed by atoms with Crippen LogP contribution in [0.3, 0.4) is 0 Å². The quantitative estimate of drug-likeness (QED) is 0.752. The zero-order valence-electron chi connectivity index (χ0n) is 10.8. The van der Waals surface area contributed by atoms with Crippen molar-refractivity contribution in [3.63, 3.8) is 0 Å². The van der Waals surface area contributed by atoms with Crippen LogP contribution in [0.15, 0.2) is 30.5 Å². The lowest BCUT2D eigenvalue weighted by molar-refractivity contribution is -0.866. The first-order valence-electron chi connectivity index (χ1n) is 6.17. The van der Waals surface area contributed by atoms with E-state index in [9.17, 15) is 10.0 Å². The summed E-state index contributed by atoms with van der Waals surface area (Å²) in [6.45, 7) is -0.162. The van der Waals surface area contributed by atoms with Crippen molar-refractivity contribution in [2.24, 2.45) is 7.05 Å². The number of aromatic nitrogens is 2. The number of hydroxylamine groups is 2. The van der Waals surface area contributed by atoms with E-state index in [0.717, 1.165) is 0 Å². The maximum atomic E-state index is 12.4. The number of benzene rings is 1. The number of hydrogen-bond donors (Lipinski definition) is 2. The Hall–Kier alpha value is -1.89. The van der Waals surface area contributed by atoms with Gasteiger partial charge < -0.3 is 15.6 Å². The molecule has 1 aromatic heterocycles. The SMILES string of the molecule is Cn1ncc2c1NC(=O)C[NH+]([O-])C2c1ccccc1Cl. The third kappa shape index (κ3) is 2.07. The third-order valence-electron chi connectivity index (χ3n) is 3.41. The van der Waals surface area contributed by atoms with Gasteiger partial charge in [0.25, 0.3) is 5.91 Å². The largest absolute Gasteiger partial charge is 0.633 e. The predicted molar refractivity (Wildman–Crippen MR) is 74.3 cm³/mol. The number of amides is 1. The molecule has 2 atom stereocenters. The molecule has 1 aliphatic heterocycles. The summed E-state index contributed by atoms with van der Waals surface area (Å²) >= 11 is 6.20. The summed E-state index contributed by atoms with van der Waals surface area (Å²) in [6.07, 6.45) is 1.60. The van der Waals surface area contributed by atoms with Gasteiger partial charge in [-0.15, -0.1) is 0 Å². The zero-order chi connectivity index (χ0) is 14.3. The number of carbonyl (C=O) groups is 1. The van der Waals surface area contributed by atoms with Gasteiger partial charge in [0, 0.05) is 12.6 Å². The van der Waals surface area contributed by atoms with E-state index >= 15 is 0 Å². The minimum absolute atomic E-state index is 0.162. The minimum Gasteiger partial charge on any atom is -0.633 e. The lowest BCUT2D eigenvalue weighted by Gasteiger charge is -2.29. The van der Waals surface area contributed by atoms with Gasteiger partial charge in [-0.1, -0.05) is 29.8 Å². The number of quaternary nitrogens is 1. The van der Waals surface area contributed by atoms with Crippen LogP contribution in [-0.2, 0) is 11.8 Å². The van der Waals surface area contributed by atoms with Gasteiger partial charge in [0.2, 0.25) is 0 Å². The summed E-state index contributed by atoms with van der Waals surface area (Å²) in [5.74, 6) is 0.222. The third-order valence-corrected chi connectivity index (χ3v) is 3.75. The van der Waals surface area contributed by atoms with Crippen molar-refractivity contribution in [2.45, 2.75) is 6.04 Å². The lowest BCUT2D eigenvalue weighted by atomic mass is 10.0. The molecule has 2 unspecified atom stereocenters. The van der Waals surface area contributed by atoms with Gasteiger partial charge in [-0.2, -0.15) is 5.10 Å². The fourth-order valence-corrected chi connectivity index (χ4v) is 2.72. The van der Waals surface area contributed by atoms with E-state index in [0.29, 0.717) is 22.0 Å². The second kappa shape index (κ2) is 4.90. The van der Waals surface area contributed by atoms with Crippen molar-refractivity contribution < 1.29 is 9.86 Å². The number of anilines is 1. The molecule has 1 amide bonds. The van der Waals surface area contributed by atoms with E-state index < -0.39 is 6.04 Å². The van der Waals surface area contributed by atoms with Crippen LogP contribution in [0.1, 0.15) is 17.2 Å². The van der Waals surface area contributed by atoms with Crippen LogP contribution in [0.5, 0.6) is 0 Å². The number of nitrogens with zero attached hydrogens (tertiary/aromatic N) is 2. The Kier molecular flexibility index (Phi) is 3.21. The fourth-order valence-electron chi connectivity index (χ4n) is 2.48. The first-order chi connectivity index (χ1) is 9.58. The van der Waals surface area contributed by atoms with Crippen molar-refractivity contribution in [1.29, 1.82) is 0 Å². The molecule has 0 radical (unpaired) electrons. The Bertz CT molecular complexity index is 670. The fraction of sp³-hybridized carbons (Fsp3) is 0.231. The van der Waals surface area contributed by atoms with Gasteiger partial charge in [-0.25, -0.2) is 0 Å². The number of carbonyl (C=O) groups excluding carboxylic acids is 1. The van der Waals surface area contributed by atoms with E-state index in [1.807, 2.05) is 6.07 Å². The number of nitrogens with one attached hydrogen (secondary N) is 2. The molecule has 6 nitrogen and oxygen atoms in total. The molecule has 1 aliphatic rings. The predicted octanol–water partition coefficient (Wildman–Crippen LogP) is 0.498. The molecule has 1 aromatic carbocycles. The monoisotopic (exact) mass is 292 g/mol. The van der Waals surface area contributed by atoms with Gasteiger partial charge in [-0.05, 0) is 6.07 Å². The molecule has 0 bridgehead atoms. The Balaban J connectivity index is 2.18. The first-order valence-corrected chi connectivity index (χ1v) is 6.54. The zero-order valence-corrected chi connectivity index (χ0v) is 11.5. The van der Waals surface area contributed by atoms with Crippen LogP contribution >= 0.6 is 11.6 Å². The second-order valence-electron chi connectivity index (χ2n) is 4.72. The summed E-state index contributed by atoms with van der Waals surface area (Å²) in [4.78, 5) is 11.8. The molecule has 7 heteroatoms. The van der Waals surface area contributed by atoms with Gasteiger partial charge in [-0.3, -0.25) is 9.48 Å². The summed E-state index contributed by atoms with van der Waals surface area (Å²) in [5.41, 5.74) is 1.38. The van der Waals surface area contributed by atoms with Crippen LogP contribution in [0, 0.1) is 5.21 Å². The molecule has 0 aliphatic carbocycles. The second-order valence-corrected chi connectivity index (χ2v) is 5.13. The Morgan fingerprint density at radius 2 is 2.20 bits per heavy atom. The van der Waals surface area contributed by atoms with E-state index in [4.69, 9.17) is 11.6 Å². The minimum atomic E-state index is -0.564. The summed E-state index contributed by atoms with van der Waals surface area (Å²) in [7, 11) is 1.72. The van der Waals surface area contributed by atoms with Crippen LogP contribution < -0.4 is 10.4 Å². The average Bonchev–Trinajstić information content (AvgIpc) is 2.68. The van der Waals surface area contributed by atoms with Crippen molar-refractivity contribution in [3.8, 4) is 0 Å². The topological polar surface area (TPSA) is 74.4 Å². The maximum Gasteiger partial charge on any atom is 0.281 e. The Morgan fingerprint density at radius 3 is 2.95 bits per heavy atom. The number of rotatable bonds is 1. The highest BCUT2D eigenvalue weighted by molar-refractivity contribution is 6.31. The maximum absolute atomic E-state index is 12.4. The van der Waals surface area contributed by atoms with Gasteiger partial charge in [0.1, 0.15) is 11.9 Å². The number of halogens is 1. The van der Waals surface area contributed by atoms with E-state index in [-0.39, 0.29) is 17.5 Å². The molecule has 0 fully saturated rings. The Morgan fingerprint density at radius 1 is 1.45 bits per heavy atom. The molecule has 0 saturated heterocycles. The number of aryl methyl sites for hydroxylation is 1. The molecule has 0 saturated carbocycles. The van der Waals surface area contributed by atoms with Crippen molar-refractivity contribution in [3.05, 3.63) is 51.8 Å². The van der Waals surface area contributed by atoms with Crippen LogP contribution in [-0.4, -0.2) is 22.2 Å². The van der Waals surface area contributed by atoms with E-state index in [1.165, 1.54) is 0 Å². The van der Waals surface area contributed by atoms with E-state index in [1.54, 1.807) is 36.1 Å². The van der Waals surface area contributed by atoms with Gasteiger partial charge in [0.05, 0.1) is 16.8 Å². The van der Waals surface area contributed by atoms with E-state index in [2.05, 4.69) is 10.4 Å². The summed E-state index contributed by atoms with van der Waals surface area (Å²) in [5, 5.41) is 19.6. The molecule has 3 rings (SSSR count). The van der Waals surface area contributed by atoms with Crippen molar-refractivity contribution in [2.75, 3.05) is 11.9 Å². The van der Waals surface area contributed by atoms with Crippen molar-refractivity contribution in [1.82, 2.24) is 9.78 Å². The number of hydrogen-bond acceptors (Lipinski definition) is 3.